The van der Waals surface area contributed by atoms with Crippen molar-refractivity contribution in [3.63, 3.8) is 0 Å². The summed E-state index contributed by atoms with van der Waals surface area (Å²) in [7, 11) is 0. The number of nitrogens with one attached hydrogen (secondary N) is 1. The van der Waals surface area contributed by atoms with E-state index in [4.69, 9.17) is 25.2 Å². The number of aromatic nitrogens is 7. The molecule has 0 saturated heterocycles. The Morgan fingerprint density at radius 2 is 1.91 bits per heavy atom. The highest BCUT2D eigenvalue weighted by atomic mass is 16.6. The second-order valence-electron chi connectivity index (χ2n) is 10.3. The molecule has 8 rings (SSSR count). The van der Waals surface area contributed by atoms with Gasteiger partial charge >= 0.3 is 0 Å². The number of hydrogen-bond acceptors (Lipinski definition) is 9. The van der Waals surface area contributed by atoms with Crippen LogP contribution in [0.3, 0.4) is 0 Å². The van der Waals surface area contributed by atoms with Crippen LogP contribution in [0, 0.1) is 0 Å². The summed E-state index contributed by atoms with van der Waals surface area (Å²) in [4.78, 5) is 31.7. The van der Waals surface area contributed by atoms with Gasteiger partial charge in [0, 0.05) is 30.5 Å². The molecular formula is C31H25N9O3. The van der Waals surface area contributed by atoms with Crippen molar-refractivity contribution in [2.75, 3.05) is 18.9 Å². The van der Waals surface area contributed by atoms with Gasteiger partial charge in [0.25, 0.3) is 11.8 Å². The SMILES string of the molecule is Nc1ncccc1-c1nc2ccc(-n3cccn3)nc2n1-c1ccc2c(c1)CC[C@@H]2NC(=O)c1ccnc2c1OCCO2. The number of nitrogens with zero attached hydrogens (tertiary/aromatic N) is 7. The maximum atomic E-state index is 13.3. The van der Waals surface area contributed by atoms with Crippen molar-refractivity contribution in [2.24, 2.45) is 0 Å². The smallest absolute Gasteiger partial charge is 0.257 e. The topological polar surface area (TPSA) is 148 Å². The number of ether oxygens (including phenoxy) is 2. The largest absolute Gasteiger partial charge is 0.484 e. The minimum absolute atomic E-state index is 0.151. The molecule has 12 heteroatoms. The van der Waals surface area contributed by atoms with Crippen molar-refractivity contribution < 1.29 is 14.3 Å². The molecule has 1 amide bonds. The molecule has 212 valence electrons. The second kappa shape index (κ2) is 9.94. The van der Waals surface area contributed by atoms with Gasteiger partial charge < -0.3 is 20.5 Å². The zero-order chi connectivity index (χ0) is 28.9. The first kappa shape index (κ1) is 25.0. The summed E-state index contributed by atoms with van der Waals surface area (Å²) in [6.45, 7) is 0.784. The predicted octanol–water partition coefficient (Wildman–Crippen LogP) is 3.83. The fourth-order valence-corrected chi connectivity index (χ4v) is 5.77. The number of amides is 1. The third-order valence-electron chi connectivity index (χ3n) is 7.76. The molecule has 1 aromatic carbocycles. The third-order valence-corrected chi connectivity index (χ3v) is 7.76. The first-order valence-corrected chi connectivity index (χ1v) is 13.9. The zero-order valence-electron chi connectivity index (χ0n) is 22.8. The van der Waals surface area contributed by atoms with Crippen molar-refractivity contribution in [3.8, 4) is 34.5 Å². The van der Waals surface area contributed by atoms with Crippen LogP contribution in [0.15, 0.2) is 79.4 Å². The lowest BCUT2D eigenvalue weighted by Gasteiger charge is -2.21. The zero-order valence-corrected chi connectivity index (χ0v) is 22.8. The Bertz CT molecular complexity index is 2020. The average molecular weight is 572 g/mol. The number of aryl methyl sites for hydroxylation is 1. The predicted molar refractivity (Wildman–Crippen MR) is 157 cm³/mol. The number of anilines is 1. The first-order chi connectivity index (χ1) is 21.1. The van der Waals surface area contributed by atoms with Gasteiger partial charge in [0.2, 0.25) is 0 Å². The van der Waals surface area contributed by atoms with Crippen LogP contribution in [-0.4, -0.2) is 53.4 Å². The van der Waals surface area contributed by atoms with Gasteiger partial charge in [-0.2, -0.15) is 5.10 Å². The number of fused-ring (bicyclic) bond motifs is 3. The lowest BCUT2D eigenvalue weighted by molar-refractivity contribution is 0.0924. The fraction of sp³-hybridized carbons (Fsp3) is 0.161. The number of hydrogen-bond donors (Lipinski definition) is 2. The van der Waals surface area contributed by atoms with Crippen LogP contribution < -0.4 is 20.5 Å². The van der Waals surface area contributed by atoms with Gasteiger partial charge in [-0.1, -0.05) is 6.07 Å². The molecule has 1 aliphatic carbocycles. The Hall–Kier alpha value is -5.78. The Balaban J connectivity index is 1.18. The van der Waals surface area contributed by atoms with Gasteiger partial charge in [-0.15, -0.1) is 0 Å². The molecule has 6 heterocycles. The van der Waals surface area contributed by atoms with Gasteiger partial charge in [-0.3, -0.25) is 9.36 Å². The van der Waals surface area contributed by atoms with Crippen molar-refractivity contribution in [2.45, 2.75) is 18.9 Å². The minimum Gasteiger partial charge on any atom is -0.484 e. The fourth-order valence-electron chi connectivity index (χ4n) is 5.77. The van der Waals surface area contributed by atoms with E-state index >= 15 is 0 Å². The van der Waals surface area contributed by atoms with Crippen molar-refractivity contribution in [1.82, 2.24) is 39.6 Å². The summed E-state index contributed by atoms with van der Waals surface area (Å²) in [6.07, 6.45) is 8.34. The summed E-state index contributed by atoms with van der Waals surface area (Å²) < 4.78 is 15.0. The van der Waals surface area contributed by atoms with Crippen LogP contribution in [0.4, 0.5) is 5.82 Å². The van der Waals surface area contributed by atoms with Crippen LogP contribution in [0.5, 0.6) is 11.6 Å². The number of carbonyl (C=O) groups is 1. The number of imidazole rings is 1. The van der Waals surface area contributed by atoms with Crippen molar-refractivity contribution in [3.05, 3.63) is 96.1 Å². The number of nitrogens with two attached hydrogens (primary N) is 1. The molecule has 43 heavy (non-hydrogen) atoms. The van der Waals surface area contributed by atoms with E-state index < -0.39 is 0 Å². The van der Waals surface area contributed by atoms with E-state index in [1.807, 2.05) is 47.2 Å². The number of benzene rings is 1. The van der Waals surface area contributed by atoms with Crippen LogP contribution in [0.1, 0.15) is 33.9 Å². The average Bonchev–Trinajstić information content (AvgIpc) is 3.80. The Morgan fingerprint density at radius 1 is 0.977 bits per heavy atom. The van der Waals surface area contributed by atoms with E-state index in [9.17, 15) is 4.79 Å². The van der Waals surface area contributed by atoms with E-state index in [0.29, 0.717) is 64.6 Å². The monoisotopic (exact) mass is 571 g/mol. The number of pyridine rings is 3. The molecule has 0 spiro atoms. The summed E-state index contributed by atoms with van der Waals surface area (Å²) >= 11 is 0. The summed E-state index contributed by atoms with van der Waals surface area (Å²) in [6, 6.07) is 17.1. The standard InChI is InChI=1S/C31H25N9O3/c32-27-22(3-1-11-33-27)28-36-24-8-9-25(39-14-2-12-35-39)38-29(24)40(28)19-5-6-20-18(17-19)4-7-23(20)37-30(41)21-10-13-34-31-26(21)42-15-16-43-31/h1-3,5-6,8-14,17,23H,4,7,15-16H2,(H2,32,33)(H,37,41)/t23-/m0/s1. The number of rotatable bonds is 5. The lowest BCUT2D eigenvalue weighted by atomic mass is 10.1. The summed E-state index contributed by atoms with van der Waals surface area (Å²) in [5.74, 6) is 2.19. The van der Waals surface area contributed by atoms with Crippen LogP contribution in [0.25, 0.3) is 34.1 Å². The normalized spacial score (nSPS) is 15.4. The Labute approximate surface area is 245 Å². The second-order valence-corrected chi connectivity index (χ2v) is 10.3. The molecule has 0 bridgehead atoms. The van der Waals surface area contributed by atoms with E-state index in [2.05, 4.69) is 32.5 Å². The summed E-state index contributed by atoms with van der Waals surface area (Å²) in [5, 5.41) is 7.53. The van der Waals surface area contributed by atoms with Crippen molar-refractivity contribution in [1.29, 1.82) is 0 Å². The maximum absolute atomic E-state index is 13.3. The molecule has 3 N–H and O–H groups in total. The van der Waals surface area contributed by atoms with Gasteiger partial charge in [-0.05, 0) is 72.5 Å². The Morgan fingerprint density at radius 3 is 2.79 bits per heavy atom. The third kappa shape index (κ3) is 4.22. The van der Waals surface area contributed by atoms with Crippen LogP contribution >= 0.6 is 0 Å². The minimum atomic E-state index is -0.226. The Kier molecular flexibility index (Phi) is 5.77. The first-order valence-electron chi connectivity index (χ1n) is 13.9. The van der Waals surface area contributed by atoms with Gasteiger partial charge in [0.05, 0.1) is 17.2 Å². The maximum Gasteiger partial charge on any atom is 0.257 e. The van der Waals surface area contributed by atoms with Gasteiger partial charge in [0.15, 0.2) is 23.0 Å². The van der Waals surface area contributed by atoms with E-state index in [0.717, 1.165) is 29.7 Å². The van der Waals surface area contributed by atoms with Gasteiger partial charge in [-0.25, -0.2) is 24.6 Å². The molecule has 1 atom stereocenters. The molecular weight excluding hydrogens is 546 g/mol. The highest BCUT2D eigenvalue weighted by molar-refractivity contribution is 5.98. The van der Waals surface area contributed by atoms with E-state index in [-0.39, 0.29) is 11.9 Å². The molecule has 0 saturated carbocycles. The highest BCUT2D eigenvalue weighted by Gasteiger charge is 2.29. The molecule has 2 aliphatic rings. The molecule has 5 aromatic heterocycles. The van der Waals surface area contributed by atoms with E-state index in [1.54, 1.807) is 29.3 Å². The summed E-state index contributed by atoms with van der Waals surface area (Å²) in [5.41, 5.74) is 11.9. The lowest BCUT2D eigenvalue weighted by Crippen LogP contribution is -2.29. The molecule has 12 nitrogen and oxygen atoms in total. The highest BCUT2D eigenvalue weighted by Crippen LogP contribution is 2.37. The van der Waals surface area contributed by atoms with Crippen LogP contribution in [0.2, 0.25) is 0 Å². The molecule has 1 aliphatic heterocycles. The number of nitrogen functional groups attached to an aromatic ring is 1. The molecule has 0 radical (unpaired) electrons. The van der Waals surface area contributed by atoms with Crippen molar-refractivity contribution >= 4 is 22.9 Å². The molecule has 6 aromatic rings. The van der Waals surface area contributed by atoms with E-state index in [1.165, 1.54) is 0 Å². The number of carbonyl (C=O) groups excluding carboxylic acids is 1. The van der Waals surface area contributed by atoms with Crippen LogP contribution in [-0.2, 0) is 6.42 Å². The van der Waals surface area contributed by atoms with Gasteiger partial charge in [0.1, 0.15) is 24.5 Å². The molecule has 0 fully saturated rings. The quantitative estimate of drug-likeness (QED) is 0.315. The molecule has 0 unspecified atom stereocenters.